The number of amides is 1. The van der Waals surface area contributed by atoms with Gasteiger partial charge >= 0.3 is 0 Å². The highest BCUT2D eigenvalue weighted by Gasteiger charge is 2.09. The Hall–Kier alpha value is -2.50. The van der Waals surface area contributed by atoms with Gasteiger partial charge in [0, 0.05) is 31.4 Å². The number of nitrogens with one attached hydrogen (secondary N) is 1. The van der Waals surface area contributed by atoms with Crippen LogP contribution in [0.2, 0.25) is 0 Å². The van der Waals surface area contributed by atoms with Crippen LogP contribution < -0.4 is 5.32 Å². The van der Waals surface area contributed by atoms with Crippen LogP contribution in [0, 0.1) is 5.82 Å². The van der Waals surface area contributed by atoms with Gasteiger partial charge in [-0.25, -0.2) is 4.39 Å². The molecule has 3 rings (SSSR count). The van der Waals surface area contributed by atoms with E-state index in [9.17, 15) is 9.18 Å². The molecule has 4 nitrogen and oxygen atoms in total. The van der Waals surface area contributed by atoms with Gasteiger partial charge in [-0.1, -0.05) is 24.3 Å². The molecule has 1 saturated heterocycles. The van der Waals surface area contributed by atoms with Crippen LogP contribution in [0.5, 0.6) is 0 Å². The van der Waals surface area contributed by atoms with E-state index < -0.39 is 0 Å². The maximum absolute atomic E-state index is 12.9. The SMILES string of the molecule is O=C(C=Cc1ccc(F)cc1)Nc1ccc(CCN2CCOCC2)cc1. The van der Waals surface area contributed by atoms with Crippen molar-refractivity contribution in [3.05, 3.63) is 71.6 Å². The lowest BCUT2D eigenvalue weighted by molar-refractivity contribution is -0.111. The van der Waals surface area contributed by atoms with Gasteiger partial charge < -0.3 is 10.1 Å². The molecule has 0 aromatic heterocycles. The van der Waals surface area contributed by atoms with Crippen molar-refractivity contribution in [3.8, 4) is 0 Å². The second-order valence-electron chi connectivity index (χ2n) is 6.28. The maximum atomic E-state index is 12.9. The molecule has 2 aromatic carbocycles. The second kappa shape index (κ2) is 9.27. The first-order chi connectivity index (χ1) is 12.7. The molecule has 0 unspecified atom stereocenters. The van der Waals surface area contributed by atoms with Crippen molar-refractivity contribution in [2.45, 2.75) is 6.42 Å². The number of benzene rings is 2. The molecule has 2 aromatic rings. The largest absolute Gasteiger partial charge is 0.379 e. The van der Waals surface area contributed by atoms with Crippen LogP contribution >= 0.6 is 0 Å². The minimum atomic E-state index is -0.291. The molecule has 1 N–H and O–H groups in total. The van der Waals surface area contributed by atoms with Crippen LogP contribution in [0.25, 0.3) is 6.08 Å². The summed E-state index contributed by atoms with van der Waals surface area (Å²) in [5.74, 6) is -0.504. The molecular weight excluding hydrogens is 331 g/mol. The first-order valence-electron chi connectivity index (χ1n) is 8.83. The van der Waals surface area contributed by atoms with Crippen molar-refractivity contribution in [3.63, 3.8) is 0 Å². The van der Waals surface area contributed by atoms with Crippen molar-refractivity contribution in [2.75, 3.05) is 38.2 Å². The first-order valence-corrected chi connectivity index (χ1v) is 8.83. The molecule has 1 heterocycles. The Balaban J connectivity index is 1.47. The molecule has 1 fully saturated rings. The molecular formula is C21H23FN2O2. The quantitative estimate of drug-likeness (QED) is 0.809. The summed E-state index contributed by atoms with van der Waals surface area (Å²) >= 11 is 0. The van der Waals surface area contributed by atoms with E-state index in [2.05, 4.69) is 10.2 Å². The minimum absolute atomic E-state index is 0.213. The topological polar surface area (TPSA) is 41.6 Å². The first kappa shape index (κ1) is 18.3. The standard InChI is InChI=1S/C21H23FN2O2/c22-19-6-1-17(2-7-19)5-10-21(25)23-20-8-3-18(4-9-20)11-12-24-13-15-26-16-14-24/h1-10H,11-16H2,(H,23,25). The number of rotatable bonds is 6. The van der Waals surface area contributed by atoms with Crippen molar-refractivity contribution in [2.24, 2.45) is 0 Å². The molecule has 136 valence electrons. The molecule has 0 spiro atoms. The van der Waals surface area contributed by atoms with Crippen LogP contribution in [0.1, 0.15) is 11.1 Å². The van der Waals surface area contributed by atoms with Gasteiger partial charge in [0.25, 0.3) is 0 Å². The molecule has 0 saturated carbocycles. The minimum Gasteiger partial charge on any atom is -0.379 e. The van der Waals surface area contributed by atoms with Gasteiger partial charge in [-0.2, -0.15) is 0 Å². The van der Waals surface area contributed by atoms with Crippen molar-refractivity contribution in [1.82, 2.24) is 4.90 Å². The fraction of sp³-hybridized carbons (Fsp3) is 0.286. The van der Waals surface area contributed by atoms with Gasteiger partial charge in [0.1, 0.15) is 5.82 Å². The monoisotopic (exact) mass is 354 g/mol. The van der Waals surface area contributed by atoms with E-state index in [-0.39, 0.29) is 11.7 Å². The molecule has 0 aliphatic carbocycles. The van der Waals surface area contributed by atoms with Gasteiger partial charge in [-0.3, -0.25) is 9.69 Å². The molecule has 0 atom stereocenters. The lowest BCUT2D eigenvalue weighted by Gasteiger charge is -2.26. The van der Waals surface area contributed by atoms with E-state index in [4.69, 9.17) is 4.74 Å². The molecule has 1 aliphatic rings. The number of carbonyl (C=O) groups is 1. The number of nitrogens with zero attached hydrogens (tertiary/aromatic N) is 1. The van der Waals surface area contributed by atoms with Crippen molar-refractivity contribution in [1.29, 1.82) is 0 Å². The smallest absolute Gasteiger partial charge is 0.248 e. The Labute approximate surface area is 153 Å². The van der Waals surface area contributed by atoms with E-state index in [1.54, 1.807) is 18.2 Å². The molecule has 1 amide bonds. The lowest BCUT2D eigenvalue weighted by atomic mass is 10.1. The highest BCUT2D eigenvalue weighted by molar-refractivity contribution is 6.01. The van der Waals surface area contributed by atoms with Crippen LogP contribution in [-0.2, 0) is 16.0 Å². The molecule has 5 heteroatoms. The highest BCUT2D eigenvalue weighted by atomic mass is 19.1. The summed E-state index contributed by atoms with van der Waals surface area (Å²) in [5.41, 5.74) is 2.78. The third kappa shape index (κ3) is 5.79. The molecule has 26 heavy (non-hydrogen) atoms. The number of anilines is 1. The fourth-order valence-electron chi connectivity index (χ4n) is 2.80. The number of hydrogen-bond acceptors (Lipinski definition) is 3. The van der Waals surface area contributed by atoms with Crippen molar-refractivity contribution < 1.29 is 13.9 Å². The number of hydrogen-bond donors (Lipinski definition) is 1. The van der Waals surface area contributed by atoms with E-state index in [1.807, 2.05) is 24.3 Å². The zero-order valence-electron chi connectivity index (χ0n) is 14.7. The third-order valence-corrected chi connectivity index (χ3v) is 4.34. The number of ether oxygens (including phenoxy) is 1. The van der Waals surface area contributed by atoms with Gasteiger partial charge in [-0.05, 0) is 47.9 Å². The third-order valence-electron chi connectivity index (χ3n) is 4.34. The van der Waals surface area contributed by atoms with Gasteiger partial charge in [0.2, 0.25) is 5.91 Å². The zero-order chi connectivity index (χ0) is 18.2. The van der Waals surface area contributed by atoms with E-state index >= 15 is 0 Å². The highest BCUT2D eigenvalue weighted by Crippen LogP contribution is 2.12. The lowest BCUT2D eigenvalue weighted by Crippen LogP contribution is -2.37. The Morgan fingerprint density at radius 2 is 1.77 bits per heavy atom. The summed E-state index contributed by atoms with van der Waals surface area (Å²) in [4.78, 5) is 14.4. The Bertz CT molecular complexity index is 736. The van der Waals surface area contributed by atoms with E-state index in [0.717, 1.165) is 50.5 Å². The van der Waals surface area contributed by atoms with Gasteiger partial charge in [0.05, 0.1) is 13.2 Å². The predicted octanol–water partition coefficient (Wildman–Crippen LogP) is 3.35. The average Bonchev–Trinajstić information content (AvgIpc) is 2.68. The van der Waals surface area contributed by atoms with Crippen LogP contribution in [0.15, 0.2) is 54.6 Å². The summed E-state index contributed by atoms with van der Waals surface area (Å²) < 4.78 is 18.2. The molecule has 0 radical (unpaired) electrons. The zero-order valence-corrected chi connectivity index (χ0v) is 14.7. The molecule has 0 bridgehead atoms. The Morgan fingerprint density at radius 3 is 2.46 bits per heavy atom. The summed E-state index contributed by atoms with van der Waals surface area (Å²) in [6.45, 7) is 4.64. The van der Waals surface area contributed by atoms with Crippen LogP contribution in [-0.4, -0.2) is 43.7 Å². The predicted molar refractivity (Wildman–Crippen MR) is 101 cm³/mol. The maximum Gasteiger partial charge on any atom is 0.248 e. The average molecular weight is 354 g/mol. The van der Waals surface area contributed by atoms with E-state index in [1.165, 1.54) is 23.8 Å². The molecule has 1 aliphatic heterocycles. The Kier molecular flexibility index (Phi) is 6.52. The summed E-state index contributed by atoms with van der Waals surface area (Å²) in [6, 6.07) is 13.9. The Morgan fingerprint density at radius 1 is 1.08 bits per heavy atom. The second-order valence-corrected chi connectivity index (χ2v) is 6.28. The number of morpholine rings is 1. The van der Waals surface area contributed by atoms with E-state index in [0.29, 0.717) is 0 Å². The number of halogens is 1. The fourth-order valence-corrected chi connectivity index (χ4v) is 2.80. The normalized spacial score (nSPS) is 15.3. The van der Waals surface area contributed by atoms with Crippen LogP contribution in [0.4, 0.5) is 10.1 Å². The number of carbonyl (C=O) groups excluding carboxylic acids is 1. The summed E-state index contributed by atoms with van der Waals surface area (Å²) in [5, 5.41) is 2.83. The van der Waals surface area contributed by atoms with Crippen LogP contribution in [0.3, 0.4) is 0 Å². The summed E-state index contributed by atoms with van der Waals surface area (Å²) in [6.07, 6.45) is 4.09. The van der Waals surface area contributed by atoms with Gasteiger partial charge in [0.15, 0.2) is 0 Å². The van der Waals surface area contributed by atoms with Crippen molar-refractivity contribution >= 4 is 17.7 Å². The van der Waals surface area contributed by atoms with Gasteiger partial charge in [-0.15, -0.1) is 0 Å². The summed E-state index contributed by atoms with van der Waals surface area (Å²) in [7, 11) is 0.